The van der Waals surface area contributed by atoms with Crippen LogP contribution < -0.4 is 20.1 Å². The minimum Gasteiger partial charge on any atom is -0.494 e. The zero-order valence-electron chi connectivity index (χ0n) is 14.0. The summed E-state index contributed by atoms with van der Waals surface area (Å²) in [4.78, 5) is 12.3. The van der Waals surface area contributed by atoms with E-state index in [1.54, 1.807) is 36.4 Å². The Labute approximate surface area is 155 Å². The lowest BCUT2D eigenvalue weighted by molar-refractivity contribution is -0.0493. The zero-order valence-corrected chi connectivity index (χ0v) is 14.8. The summed E-state index contributed by atoms with van der Waals surface area (Å²) in [6, 6.07) is 12.7. The molecule has 0 saturated heterocycles. The Morgan fingerprint density at radius 1 is 1.19 bits per heavy atom. The molecule has 0 aromatic heterocycles. The van der Waals surface area contributed by atoms with Crippen molar-refractivity contribution >= 4 is 28.9 Å². The summed E-state index contributed by atoms with van der Waals surface area (Å²) >= 11 is 5.07. The van der Waals surface area contributed by atoms with Crippen LogP contribution in [0.15, 0.2) is 48.5 Å². The number of halogens is 2. The Hall–Kier alpha value is -2.74. The van der Waals surface area contributed by atoms with Gasteiger partial charge < -0.3 is 14.8 Å². The molecule has 0 unspecified atom stereocenters. The molecular formula is C18H18F2N2O3S. The fourth-order valence-electron chi connectivity index (χ4n) is 2.04. The molecule has 0 aliphatic carbocycles. The number of carbonyl (C=O) groups excluding carboxylic acids is 1. The summed E-state index contributed by atoms with van der Waals surface area (Å²) in [5, 5.41) is 5.13. The number of anilines is 1. The lowest BCUT2D eigenvalue weighted by Gasteiger charge is -2.14. The monoisotopic (exact) mass is 380 g/mol. The highest BCUT2D eigenvalue weighted by Crippen LogP contribution is 2.25. The van der Waals surface area contributed by atoms with Gasteiger partial charge in [0, 0.05) is 5.56 Å². The Kier molecular flexibility index (Phi) is 7.28. The number of rotatable bonds is 7. The molecule has 0 bridgehead atoms. The van der Waals surface area contributed by atoms with E-state index in [9.17, 15) is 13.6 Å². The number of amides is 1. The van der Waals surface area contributed by atoms with Crippen LogP contribution in [0.2, 0.25) is 0 Å². The standard InChI is InChI=1S/C18H18F2N2O3S/c1-2-10-24-13-7-5-6-12(11-13)16(23)22-18(26)21-14-8-3-4-9-15(14)25-17(19)20/h3-9,11,17H,2,10H2,1H3,(H2,21,22,23,26). The largest absolute Gasteiger partial charge is 0.494 e. The van der Waals surface area contributed by atoms with E-state index >= 15 is 0 Å². The molecule has 0 atom stereocenters. The van der Waals surface area contributed by atoms with Crippen molar-refractivity contribution < 1.29 is 23.0 Å². The molecule has 8 heteroatoms. The number of benzene rings is 2. The SMILES string of the molecule is CCCOc1cccc(C(=O)NC(=S)Nc2ccccc2OC(F)F)c1. The maximum atomic E-state index is 12.4. The van der Waals surface area contributed by atoms with E-state index in [0.29, 0.717) is 17.9 Å². The number of ether oxygens (including phenoxy) is 2. The van der Waals surface area contributed by atoms with Crippen molar-refractivity contribution in [2.45, 2.75) is 20.0 Å². The Balaban J connectivity index is 2.01. The van der Waals surface area contributed by atoms with E-state index in [-0.39, 0.29) is 16.5 Å². The third kappa shape index (κ3) is 5.96. The molecule has 138 valence electrons. The van der Waals surface area contributed by atoms with Crippen LogP contribution in [-0.4, -0.2) is 24.2 Å². The van der Waals surface area contributed by atoms with Gasteiger partial charge in [-0.25, -0.2) is 0 Å². The van der Waals surface area contributed by atoms with Crippen LogP contribution in [-0.2, 0) is 0 Å². The van der Waals surface area contributed by atoms with E-state index in [1.807, 2.05) is 6.92 Å². The number of para-hydroxylation sites is 2. The molecule has 26 heavy (non-hydrogen) atoms. The third-order valence-corrected chi connectivity index (χ3v) is 3.35. The van der Waals surface area contributed by atoms with Crippen LogP contribution in [0.1, 0.15) is 23.7 Å². The summed E-state index contributed by atoms with van der Waals surface area (Å²) in [7, 11) is 0. The Bertz CT molecular complexity index is 772. The number of hydrogen-bond donors (Lipinski definition) is 2. The Morgan fingerprint density at radius 3 is 2.69 bits per heavy atom. The molecule has 2 N–H and O–H groups in total. The van der Waals surface area contributed by atoms with Crippen molar-refractivity contribution in [3.63, 3.8) is 0 Å². The van der Waals surface area contributed by atoms with Crippen molar-refractivity contribution in [1.82, 2.24) is 5.32 Å². The molecule has 0 spiro atoms. The minimum absolute atomic E-state index is 0.0415. The highest BCUT2D eigenvalue weighted by Gasteiger charge is 2.13. The summed E-state index contributed by atoms with van der Waals surface area (Å²) in [5.74, 6) is 0.0554. The van der Waals surface area contributed by atoms with Crippen LogP contribution in [0.5, 0.6) is 11.5 Å². The van der Waals surface area contributed by atoms with Crippen LogP contribution in [0.25, 0.3) is 0 Å². The highest BCUT2D eigenvalue weighted by molar-refractivity contribution is 7.80. The number of alkyl halides is 2. The van der Waals surface area contributed by atoms with Gasteiger partial charge in [0.2, 0.25) is 0 Å². The molecule has 0 fully saturated rings. The van der Waals surface area contributed by atoms with E-state index < -0.39 is 12.5 Å². The maximum Gasteiger partial charge on any atom is 0.387 e. The van der Waals surface area contributed by atoms with E-state index in [4.69, 9.17) is 17.0 Å². The van der Waals surface area contributed by atoms with Crippen LogP contribution >= 0.6 is 12.2 Å². The molecule has 0 aliphatic rings. The predicted octanol–water partition coefficient (Wildman–Crippen LogP) is 4.20. The smallest absolute Gasteiger partial charge is 0.387 e. The molecule has 5 nitrogen and oxygen atoms in total. The quantitative estimate of drug-likeness (QED) is 0.705. The van der Waals surface area contributed by atoms with Gasteiger partial charge in [0.05, 0.1) is 12.3 Å². The number of hydrogen-bond acceptors (Lipinski definition) is 4. The van der Waals surface area contributed by atoms with Crippen molar-refractivity contribution in [3.8, 4) is 11.5 Å². The van der Waals surface area contributed by atoms with Gasteiger partial charge in [0.1, 0.15) is 11.5 Å². The average Bonchev–Trinajstić information content (AvgIpc) is 2.61. The van der Waals surface area contributed by atoms with Crippen molar-refractivity contribution in [1.29, 1.82) is 0 Å². The van der Waals surface area contributed by atoms with E-state index in [0.717, 1.165) is 6.42 Å². The summed E-state index contributed by atoms with van der Waals surface area (Å²) in [6.07, 6.45) is 0.852. The second-order valence-electron chi connectivity index (χ2n) is 5.16. The van der Waals surface area contributed by atoms with Gasteiger partial charge in [-0.1, -0.05) is 25.1 Å². The summed E-state index contributed by atoms with van der Waals surface area (Å²) in [5.41, 5.74) is 0.581. The molecule has 2 rings (SSSR count). The zero-order chi connectivity index (χ0) is 18.9. The molecule has 0 radical (unpaired) electrons. The first kappa shape index (κ1) is 19.6. The first-order valence-electron chi connectivity index (χ1n) is 7.88. The predicted molar refractivity (Wildman–Crippen MR) is 99.0 cm³/mol. The molecule has 0 heterocycles. The van der Waals surface area contributed by atoms with Gasteiger partial charge in [-0.05, 0) is 49.0 Å². The minimum atomic E-state index is -2.97. The third-order valence-electron chi connectivity index (χ3n) is 3.15. The van der Waals surface area contributed by atoms with Crippen molar-refractivity contribution in [2.24, 2.45) is 0 Å². The normalized spacial score (nSPS) is 10.3. The fourth-order valence-corrected chi connectivity index (χ4v) is 2.25. The van der Waals surface area contributed by atoms with Crippen LogP contribution in [0, 0.1) is 0 Å². The van der Waals surface area contributed by atoms with Gasteiger partial charge in [0.15, 0.2) is 5.11 Å². The molecule has 0 aliphatic heterocycles. The molecule has 2 aromatic rings. The number of carbonyl (C=O) groups is 1. The lowest BCUT2D eigenvalue weighted by atomic mass is 10.2. The summed E-state index contributed by atoms with van der Waals surface area (Å²) in [6.45, 7) is -0.436. The van der Waals surface area contributed by atoms with Gasteiger partial charge >= 0.3 is 6.61 Å². The van der Waals surface area contributed by atoms with Gasteiger partial charge in [-0.3, -0.25) is 10.1 Å². The first-order chi connectivity index (χ1) is 12.5. The molecule has 0 saturated carbocycles. The number of thiocarbonyl (C=S) groups is 1. The van der Waals surface area contributed by atoms with Gasteiger partial charge in [-0.2, -0.15) is 8.78 Å². The first-order valence-corrected chi connectivity index (χ1v) is 8.29. The van der Waals surface area contributed by atoms with Crippen LogP contribution in [0.3, 0.4) is 0 Å². The molecule has 2 aromatic carbocycles. The van der Waals surface area contributed by atoms with Gasteiger partial charge in [0.25, 0.3) is 5.91 Å². The van der Waals surface area contributed by atoms with Crippen molar-refractivity contribution in [2.75, 3.05) is 11.9 Å². The van der Waals surface area contributed by atoms with E-state index in [2.05, 4.69) is 15.4 Å². The second-order valence-corrected chi connectivity index (χ2v) is 5.57. The summed E-state index contributed by atoms with van der Waals surface area (Å²) < 4.78 is 34.8. The average molecular weight is 380 g/mol. The van der Waals surface area contributed by atoms with Gasteiger partial charge in [-0.15, -0.1) is 0 Å². The lowest BCUT2D eigenvalue weighted by Crippen LogP contribution is -2.34. The fraction of sp³-hybridized carbons (Fsp3) is 0.222. The highest BCUT2D eigenvalue weighted by atomic mass is 32.1. The second kappa shape index (κ2) is 9.67. The maximum absolute atomic E-state index is 12.4. The molecular weight excluding hydrogens is 362 g/mol. The van der Waals surface area contributed by atoms with Crippen molar-refractivity contribution in [3.05, 3.63) is 54.1 Å². The Morgan fingerprint density at radius 2 is 1.96 bits per heavy atom. The van der Waals surface area contributed by atoms with Crippen LogP contribution in [0.4, 0.5) is 14.5 Å². The topological polar surface area (TPSA) is 59.6 Å². The number of nitrogens with one attached hydrogen (secondary N) is 2. The van der Waals surface area contributed by atoms with E-state index in [1.165, 1.54) is 12.1 Å². The molecule has 1 amide bonds.